The summed E-state index contributed by atoms with van der Waals surface area (Å²) in [5, 5.41) is 7.68. The molecule has 0 spiro atoms. The van der Waals surface area contributed by atoms with Crippen molar-refractivity contribution in [2.45, 2.75) is 19.5 Å². The minimum absolute atomic E-state index is 0.189. The summed E-state index contributed by atoms with van der Waals surface area (Å²) < 4.78 is 48.6. The van der Waals surface area contributed by atoms with Crippen LogP contribution in [0, 0.1) is 6.92 Å². The van der Waals surface area contributed by atoms with Crippen molar-refractivity contribution in [2.24, 2.45) is 0 Å². The van der Waals surface area contributed by atoms with E-state index in [0.717, 1.165) is 38.6 Å². The Bertz CT molecular complexity index is 1630. The van der Waals surface area contributed by atoms with Gasteiger partial charge in [-0.15, -0.1) is 0 Å². The molecule has 0 aliphatic rings. The van der Waals surface area contributed by atoms with E-state index in [2.05, 4.69) is 27.1 Å². The highest BCUT2D eigenvalue weighted by Gasteiger charge is 2.36. The van der Waals surface area contributed by atoms with Gasteiger partial charge in [0.15, 0.2) is 12.3 Å². The molecule has 2 heterocycles. The molecule has 6 nitrogen and oxygen atoms in total. The van der Waals surface area contributed by atoms with Crippen LogP contribution in [-0.2, 0) is 17.4 Å². The van der Waals surface area contributed by atoms with Crippen LogP contribution in [0.15, 0.2) is 84.9 Å². The van der Waals surface area contributed by atoms with Crippen molar-refractivity contribution in [3.8, 4) is 17.3 Å². The Morgan fingerprint density at radius 3 is 2.44 bits per heavy atom. The number of rotatable bonds is 8. The molecule has 0 atom stereocenters. The number of amides is 1. The van der Waals surface area contributed by atoms with Gasteiger partial charge in [-0.1, -0.05) is 60.1 Å². The maximum Gasteiger partial charge on any atom is 0.435 e. The second-order valence-corrected chi connectivity index (χ2v) is 9.28. The molecule has 1 N–H and O–H groups in total. The molecule has 0 radical (unpaired) electrons. The summed E-state index contributed by atoms with van der Waals surface area (Å²) in [5.74, 6) is -0.715. The average Bonchev–Trinajstić information content (AvgIpc) is 3.47. The van der Waals surface area contributed by atoms with Crippen LogP contribution in [-0.4, -0.2) is 33.4 Å². The van der Waals surface area contributed by atoms with E-state index in [-0.39, 0.29) is 16.6 Å². The molecule has 0 saturated heterocycles. The number of hydrogen-bond donors (Lipinski definition) is 1. The van der Waals surface area contributed by atoms with Crippen LogP contribution < -0.4 is 10.1 Å². The van der Waals surface area contributed by atoms with Crippen LogP contribution in [0.4, 0.5) is 13.2 Å². The molecule has 0 aliphatic carbocycles. The van der Waals surface area contributed by atoms with Crippen molar-refractivity contribution in [1.82, 2.24) is 19.7 Å². The number of aromatic nitrogens is 3. The molecule has 3 aromatic carbocycles. The number of carbonyl (C=O) groups excluding carboxylic acids is 1. The fraction of sp³-hybridized carbons (Fsp3) is 0.172. The van der Waals surface area contributed by atoms with Crippen LogP contribution in [0.3, 0.4) is 0 Å². The zero-order valence-electron chi connectivity index (χ0n) is 20.9. The molecule has 2 aromatic heterocycles. The monoisotopic (exact) mass is 552 g/mol. The van der Waals surface area contributed by atoms with Gasteiger partial charge < -0.3 is 14.6 Å². The largest absolute Gasteiger partial charge is 0.467 e. The van der Waals surface area contributed by atoms with Crippen molar-refractivity contribution < 1.29 is 22.7 Å². The first kappa shape index (κ1) is 26.4. The van der Waals surface area contributed by atoms with Gasteiger partial charge in [0.05, 0.1) is 16.2 Å². The van der Waals surface area contributed by atoms with Gasteiger partial charge in [0.2, 0.25) is 5.88 Å². The molecule has 0 fully saturated rings. The van der Waals surface area contributed by atoms with Gasteiger partial charge in [-0.05, 0) is 49.2 Å². The number of alkyl halides is 3. The first-order valence-electron chi connectivity index (χ1n) is 12.2. The maximum atomic E-state index is 13.3. The lowest BCUT2D eigenvalue weighted by atomic mass is 10.1. The Morgan fingerprint density at radius 2 is 1.69 bits per heavy atom. The summed E-state index contributed by atoms with van der Waals surface area (Å²) in [6, 6.07) is 25.1. The van der Waals surface area contributed by atoms with Crippen LogP contribution >= 0.6 is 11.6 Å². The van der Waals surface area contributed by atoms with Gasteiger partial charge in [0.25, 0.3) is 5.91 Å². The van der Waals surface area contributed by atoms with E-state index in [0.29, 0.717) is 13.0 Å². The van der Waals surface area contributed by atoms with E-state index < -0.39 is 24.4 Å². The number of halogens is 4. The molecule has 5 rings (SSSR count). The smallest absolute Gasteiger partial charge is 0.435 e. The molecule has 200 valence electrons. The first-order valence-corrected chi connectivity index (χ1v) is 12.6. The predicted molar refractivity (Wildman–Crippen MR) is 144 cm³/mol. The topological polar surface area (TPSA) is 61.1 Å². The average molecular weight is 553 g/mol. The second-order valence-electron chi connectivity index (χ2n) is 8.87. The quantitative estimate of drug-likeness (QED) is 0.238. The summed E-state index contributed by atoms with van der Waals surface area (Å²) in [4.78, 5) is 12.6. The first-order chi connectivity index (χ1) is 18.7. The van der Waals surface area contributed by atoms with E-state index in [1.165, 1.54) is 12.1 Å². The fourth-order valence-electron chi connectivity index (χ4n) is 4.58. The molecule has 0 unspecified atom stereocenters. The Morgan fingerprint density at radius 1 is 1.00 bits per heavy atom. The van der Waals surface area contributed by atoms with Crippen molar-refractivity contribution in [3.05, 3.63) is 107 Å². The fourth-order valence-corrected chi connectivity index (χ4v) is 4.79. The Balaban J connectivity index is 1.28. The van der Waals surface area contributed by atoms with E-state index in [4.69, 9.17) is 16.3 Å². The molecular weight excluding hydrogens is 529 g/mol. The summed E-state index contributed by atoms with van der Waals surface area (Å²) in [5.41, 5.74) is 3.33. The minimum Gasteiger partial charge on any atom is -0.467 e. The lowest BCUT2D eigenvalue weighted by Gasteiger charge is -2.11. The molecule has 0 aliphatic heterocycles. The van der Waals surface area contributed by atoms with Crippen LogP contribution in [0.1, 0.15) is 17.0 Å². The number of fused-ring (bicyclic) bond motifs is 1. The number of benzene rings is 3. The van der Waals surface area contributed by atoms with Gasteiger partial charge in [0.1, 0.15) is 0 Å². The van der Waals surface area contributed by atoms with Gasteiger partial charge >= 0.3 is 6.18 Å². The van der Waals surface area contributed by atoms with Crippen LogP contribution in [0.25, 0.3) is 22.3 Å². The normalized spacial score (nSPS) is 11.6. The highest BCUT2D eigenvalue weighted by atomic mass is 35.5. The zero-order valence-corrected chi connectivity index (χ0v) is 21.6. The van der Waals surface area contributed by atoms with Crippen molar-refractivity contribution in [3.63, 3.8) is 0 Å². The van der Waals surface area contributed by atoms with Gasteiger partial charge in [0, 0.05) is 29.4 Å². The van der Waals surface area contributed by atoms with E-state index >= 15 is 0 Å². The van der Waals surface area contributed by atoms with Crippen LogP contribution in [0.5, 0.6) is 5.88 Å². The number of ether oxygens (including phenoxy) is 1. The molecule has 0 bridgehead atoms. The molecule has 1 amide bonds. The van der Waals surface area contributed by atoms with Gasteiger partial charge in [-0.25, -0.2) is 0 Å². The highest BCUT2D eigenvalue weighted by molar-refractivity contribution is 6.32. The number of hydrogen-bond acceptors (Lipinski definition) is 3. The summed E-state index contributed by atoms with van der Waals surface area (Å²) >= 11 is 6.16. The van der Waals surface area contributed by atoms with E-state index in [1.54, 1.807) is 12.1 Å². The number of para-hydroxylation sites is 3. The summed E-state index contributed by atoms with van der Waals surface area (Å²) in [6.07, 6.45) is -4.13. The van der Waals surface area contributed by atoms with Crippen molar-refractivity contribution in [2.75, 3.05) is 13.2 Å². The van der Waals surface area contributed by atoms with Gasteiger partial charge in [-0.3, -0.25) is 4.79 Å². The lowest BCUT2D eigenvalue weighted by Crippen LogP contribution is -2.31. The van der Waals surface area contributed by atoms with Gasteiger partial charge in [-0.2, -0.15) is 23.0 Å². The molecule has 39 heavy (non-hydrogen) atoms. The minimum atomic E-state index is -4.69. The Hall–Kier alpha value is -4.24. The third-order valence-electron chi connectivity index (χ3n) is 6.35. The Labute approximate surface area is 227 Å². The molecule has 5 aromatic rings. The van der Waals surface area contributed by atoms with Crippen molar-refractivity contribution in [1.29, 1.82) is 0 Å². The third-order valence-corrected chi connectivity index (χ3v) is 6.67. The van der Waals surface area contributed by atoms with Crippen LogP contribution in [0.2, 0.25) is 5.02 Å². The standard InChI is InChI=1S/C29H24ClF3N4O2/c1-19-21(22-11-5-7-13-24(22)36(19)20-9-3-2-4-10-20)15-16-34-27(38)18-39-28-17-26(29(31,32)33)35-37(28)25-14-8-6-12-23(25)30/h2-14,17H,15-16,18H2,1H3,(H,34,38). The highest BCUT2D eigenvalue weighted by Crippen LogP contribution is 2.34. The number of nitrogens with one attached hydrogen (secondary N) is 1. The molecule has 0 saturated carbocycles. The molecule has 10 heteroatoms. The molecular formula is C29H24ClF3N4O2. The number of nitrogens with zero attached hydrogens (tertiary/aromatic N) is 3. The zero-order chi connectivity index (χ0) is 27.6. The van der Waals surface area contributed by atoms with Crippen molar-refractivity contribution >= 4 is 28.4 Å². The van der Waals surface area contributed by atoms with E-state index in [9.17, 15) is 18.0 Å². The second kappa shape index (κ2) is 10.9. The lowest BCUT2D eigenvalue weighted by molar-refractivity contribution is -0.141. The van der Waals surface area contributed by atoms with E-state index in [1.807, 2.05) is 49.4 Å². The number of carbonyl (C=O) groups is 1. The third kappa shape index (κ3) is 5.49. The maximum absolute atomic E-state index is 13.3. The SMILES string of the molecule is Cc1c(CCNC(=O)COc2cc(C(F)(F)F)nn2-c2ccccc2Cl)c2ccccc2n1-c1ccccc1. The Kier molecular flexibility index (Phi) is 7.34. The summed E-state index contributed by atoms with van der Waals surface area (Å²) in [6.45, 7) is 1.88. The predicted octanol–water partition coefficient (Wildman–Crippen LogP) is 6.53. The summed E-state index contributed by atoms with van der Waals surface area (Å²) in [7, 11) is 0.